The lowest BCUT2D eigenvalue weighted by atomic mass is 10.3. The summed E-state index contributed by atoms with van der Waals surface area (Å²) in [5.74, 6) is 0.713. The van der Waals surface area contributed by atoms with Crippen LogP contribution in [0.25, 0.3) is 0 Å². The first kappa shape index (κ1) is 13.8. The van der Waals surface area contributed by atoms with Crippen molar-refractivity contribution >= 4 is 28.3 Å². The Labute approximate surface area is 123 Å². The fraction of sp³-hybridized carbons (Fsp3) is 0.250. The molecule has 0 spiro atoms. The minimum atomic E-state index is -0.449. The van der Waals surface area contributed by atoms with Crippen LogP contribution in [0.3, 0.4) is 0 Å². The summed E-state index contributed by atoms with van der Waals surface area (Å²) in [6.45, 7) is 1.82. The van der Waals surface area contributed by atoms with E-state index >= 15 is 0 Å². The zero-order valence-corrected chi connectivity index (χ0v) is 12.6. The van der Waals surface area contributed by atoms with Crippen molar-refractivity contribution in [1.82, 2.24) is 9.78 Å². The zero-order valence-electron chi connectivity index (χ0n) is 10.5. The fourth-order valence-corrected chi connectivity index (χ4v) is 2.24. The number of hydrogen-bond donors (Lipinski definition) is 0. The molecule has 19 heavy (non-hydrogen) atoms. The summed E-state index contributed by atoms with van der Waals surface area (Å²) in [6, 6.07) is 7.32. The van der Waals surface area contributed by atoms with E-state index in [1.807, 2.05) is 25.1 Å². The Morgan fingerprint density at radius 2 is 2.26 bits per heavy atom. The molecule has 100 valence electrons. The average molecular weight is 373 g/mol. The molecule has 0 fully saturated rings. The summed E-state index contributed by atoms with van der Waals surface area (Å²) in [7, 11) is 1.63. The lowest BCUT2D eigenvalue weighted by Crippen LogP contribution is -1.97. The maximum absolute atomic E-state index is 11.1. The molecule has 0 N–H and O–H groups in total. The molecule has 0 saturated heterocycles. The van der Waals surface area contributed by atoms with Gasteiger partial charge in [0.25, 0.3) is 5.88 Å². The maximum Gasteiger partial charge on any atom is 0.353 e. The van der Waals surface area contributed by atoms with Crippen LogP contribution in [0.15, 0.2) is 24.3 Å². The predicted octanol–water partition coefficient (Wildman–Crippen LogP) is 3.29. The molecule has 1 aromatic heterocycles. The van der Waals surface area contributed by atoms with Gasteiger partial charge in [-0.1, -0.05) is 13.0 Å². The smallest absolute Gasteiger partial charge is 0.353 e. The van der Waals surface area contributed by atoms with E-state index in [9.17, 15) is 10.1 Å². The number of rotatable bonds is 4. The van der Waals surface area contributed by atoms with Crippen molar-refractivity contribution in [3.8, 4) is 11.6 Å². The van der Waals surface area contributed by atoms with Crippen LogP contribution in [0.5, 0.6) is 11.6 Å². The van der Waals surface area contributed by atoms with Crippen LogP contribution >= 0.6 is 22.6 Å². The molecule has 0 aliphatic rings. The van der Waals surface area contributed by atoms with Crippen LogP contribution in [-0.2, 0) is 13.5 Å². The van der Waals surface area contributed by atoms with Gasteiger partial charge in [0, 0.05) is 10.6 Å². The molecule has 7 heteroatoms. The molecule has 0 amide bonds. The molecule has 1 heterocycles. The Kier molecular flexibility index (Phi) is 4.03. The molecule has 0 aliphatic carbocycles. The molecule has 1 aromatic carbocycles. The van der Waals surface area contributed by atoms with Crippen LogP contribution < -0.4 is 4.74 Å². The molecule has 0 saturated carbocycles. The summed E-state index contributed by atoms with van der Waals surface area (Å²) in [5.41, 5.74) is 0.358. The van der Waals surface area contributed by atoms with E-state index in [1.54, 1.807) is 13.1 Å². The van der Waals surface area contributed by atoms with Gasteiger partial charge in [0.2, 0.25) is 0 Å². The molecule has 6 nitrogen and oxygen atoms in total. The van der Waals surface area contributed by atoms with Crippen molar-refractivity contribution < 1.29 is 9.66 Å². The van der Waals surface area contributed by atoms with Gasteiger partial charge in [-0.25, -0.2) is 4.68 Å². The lowest BCUT2D eigenvalue weighted by molar-refractivity contribution is -0.386. The minimum absolute atomic E-state index is 0.0659. The Balaban J connectivity index is 2.45. The first-order valence-electron chi connectivity index (χ1n) is 5.66. The quantitative estimate of drug-likeness (QED) is 0.469. The lowest BCUT2D eigenvalue weighted by Gasteiger charge is -2.05. The van der Waals surface area contributed by atoms with Crippen LogP contribution in [0, 0.1) is 13.7 Å². The third kappa shape index (κ3) is 2.86. The molecular formula is C12H12IN3O3. The second-order valence-corrected chi connectivity index (χ2v) is 5.14. The van der Waals surface area contributed by atoms with Gasteiger partial charge in [0.05, 0.1) is 4.92 Å². The molecule has 0 radical (unpaired) electrons. The van der Waals surface area contributed by atoms with Crippen molar-refractivity contribution in [3.63, 3.8) is 0 Å². The van der Waals surface area contributed by atoms with Crippen LogP contribution in [0.4, 0.5) is 5.69 Å². The standard InChI is InChI=1S/C12H12IN3O3/c1-3-10-11(16(17)18)12(15(2)14-10)19-9-6-4-5-8(13)7-9/h4-7H,3H2,1-2H3. The highest BCUT2D eigenvalue weighted by Crippen LogP contribution is 2.34. The first-order chi connectivity index (χ1) is 9.02. The third-order valence-electron chi connectivity index (χ3n) is 2.57. The summed E-state index contributed by atoms with van der Waals surface area (Å²) >= 11 is 2.16. The van der Waals surface area contributed by atoms with Gasteiger partial charge in [0.15, 0.2) is 0 Å². The number of ether oxygens (including phenoxy) is 1. The van der Waals surface area contributed by atoms with E-state index in [0.717, 1.165) is 3.57 Å². The number of hydrogen-bond acceptors (Lipinski definition) is 4. The average Bonchev–Trinajstić information content (AvgIpc) is 2.66. The number of nitro groups is 1. The van der Waals surface area contributed by atoms with Crippen LogP contribution in [-0.4, -0.2) is 14.7 Å². The van der Waals surface area contributed by atoms with Crippen molar-refractivity contribution in [2.45, 2.75) is 13.3 Å². The van der Waals surface area contributed by atoms with Crippen molar-refractivity contribution in [2.24, 2.45) is 7.05 Å². The Morgan fingerprint density at radius 3 is 2.84 bits per heavy atom. The Morgan fingerprint density at radius 1 is 1.53 bits per heavy atom. The van der Waals surface area contributed by atoms with Crippen LogP contribution in [0.1, 0.15) is 12.6 Å². The number of benzene rings is 1. The van der Waals surface area contributed by atoms with Gasteiger partial charge in [-0.3, -0.25) is 10.1 Å². The van der Waals surface area contributed by atoms with Gasteiger partial charge in [-0.05, 0) is 47.2 Å². The Hall–Kier alpha value is -1.64. The van der Waals surface area contributed by atoms with Gasteiger partial charge < -0.3 is 4.74 Å². The van der Waals surface area contributed by atoms with E-state index in [4.69, 9.17) is 4.74 Å². The normalized spacial score (nSPS) is 10.5. The second kappa shape index (κ2) is 5.55. The zero-order chi connectivity index (χ0) is 14.0. The summed E-state index contributed by atoms with van der Waals surface area (Å²) < 4.78 is 8.01. The number of nitrogens with zero attached hydrogens (tertiary/aromatic N) is 3. The highest BCUT2D eigenvalue weighted by atomic mass is 127. The minimum Gasteiger partial charge on any atom is -0.434 e. The molecule has 0 aliphatic heterocycles. The largest absolute Gasteiger partial charge is 0.434 e. The van der Waals surface area contributed by atoms with E-state index in [1.165, 1.54) is 4.68 Å². The van der Waals surface area contributed by atoms with E-state index < -0.39 is 4.92 Å². The van der Waals surface area contributed by atoms with Gasteiger partial charge in [-0.2, -0.15) is 5.10 Å². The molecule has 2 rings (SSSR count). The number of aryl methyl sites for hydroxylation is 2. The monoisotopic (exact) mass is 373 g/mol. The van der Waals surface area contributed by atoms with E-state index in [0.29, 0.717) is 17.9 Å². The number of halogens is 1. The fourth-order valence-electron chi connectivity index (χ4n) is 1.73. The highest BCUT2D eigenvalue weighted by molar-refractivity contribution is 14.1. The van der Waals surface area contributed by atoms with E-state index in [2.05, 4.69) is 27.7 Å². The summed E-state index contributed by atoms with van der Waals surface area (Å²) in [4.78, 5) is 10.7. The summed E-state index contributed by atoms with van der Waals surface area (Å²) in [6.07, 6.45) is 0.486. The number of aromatic nitrogens is 2. The van der Waals surface area contributed by atoms with Gasteiger partial charge in [0.1, 0.15) is 11.4 Å². The van der Waals surface area contributed by atoms with Crippen LogP contribution in [0.2, 0.25) is 0 Å². The second-order valence-electron chi connectivity index (χ2n) is 3.89. The van der Waals surface area contributed by atoms with Crippen molar-refractivity contribution in [3.05, 3.63) is 43.6 Å². The molecule has 0 bridgehead atoms. The van der Waals surface area contributed by atoms with Crippen molar-refractivity contribution in [2.75, 3.05) is 0 Å². The maximum atomic E-state index is 11.1. The topological polar surface area (TPSA) is 70.2 Å². The molecule has 0 unspecified atom stereocenters. The van der Waals surface area contributed by atoms with E-state index in [-0.39, 0.29) is 11.6 Å². The predicted molar refractivity (Wildman–Crippen MR) is 78.5 cm³/mol. The Bertz CT molecular complexity index is 625. The summed E-state index contributed by atoms with van der Waals surface area (Å²) in [5, 5.41) is 15.3. The SMILES string of the molecule is CCc1nn(C)c(Oc2cccc(I)c2)c1[N+](=O)[O-]. The van der Waals surface area contributed by atoms with Gasteiger partial charge >= 0.3 is 5.69 Å². The molecule has 2 aromatic rings. The first-order valence-corrected chi connectivity index (χ1v) is 6.74. The highest BCUT2D eigenvalue weighted by Gasteiger charge is 2.27. The third-order valence-corrected chi connectivity index (χ3v) is 3.24. The van der Waals surface area contributed by atoms with Gasteiger partial charge in [-0.15, -0.1) is 0 Å². The molecular weight excluding hydrogens is 361 g/mol. The molecule has 0 atom stereocenters. The van der Waals surface area contributed by atoms with Crippen molar-refractivity contribution in [1.29, 1.82) is 0 Å².